The van der Waals surface area contributed by atoms with Crippen molar-refractivity contribution >= 4 is 41.1 Å². The van der Waals surface area contributed by atoms with Crippen LogP contribution in [0, 0.1) is 20.2 Å². The number of esters is 1. The fourth-order valence-corrected chi connectivity index (χ4v) is 2.85. The van der Waals surface area contributed by atoms with Gasteiger partial charge in [0.05, 0.1) is 21.6 Å². The van der Waals surface area contributed by atoms with E-state index >= 15 is 0 Å². The molecule has 0 atom stereocenters. The summed E-state index contributed by atoms with van der Waals surface area (Å²) in [5, 5.41) is 28.3. The Bertz CT molecular complexity index is 1370. The molecule has 0 heterocycles. The topological polar surface area (TPSA) is 183 Å². The standard InChI is InChI=1S/C23H17N5O8/c1-14(29)25-18-6-2-15(3-7-18)22(30)26-24-13-17-12-20(28(34)35)10-11-21(17)36-23(31)16-4-8-19(9-5-16)27(32)33/h2-13H,1H3,(H,25,29)(H,26,30)/b24-13+. The lowest BCUT2D eigenvalue weighted by Crippen LogP contribution is -2.18. The van der Waals surface area contributed by atoms with Gasteiger partial charge in [-0.15, -0.1) is 0 Å². The number of nitro benzene ring substituents is 2. The molecule has 0 aliphatic rings. The zero-order chi connectivity index (χ0) is 26.2. The Hall–Kier alpha value is -5.46. The fraction of sp³-hybridized carbons (Fsp3) is 0.0435. The highest BCUT2D eigenvalue weighted by atomic mass is 16.6. The second-order valence-corrected chi connectivity index (χ2v) is 7.13. The summed E-state index contributed by atoms with van der Waals surface area (Å²) in [4.78, 5) is 56.5. The molecule has 0 radical (unpaired) electrons. The second kappa shape index (κ2) is 11.1. The highest BCUT2D eigenvalue weighted by molar-refractivity contribution is 5.97. The van der Waals surface area contributed by atoms with Gasteiger partial charge in [-0.3, -0.25) is 29.8 Å². The largest absolute Gasteiger partial charge is 0.422 e. The number of non-ortho nitro benzene ring substituents is 2. The average Bonchev–Trinajstić information content (AvgIpc) is 2.84. The summed E-state index contributed by atoms with van der Waals surface area (Å²) >= 11 is 0. The molecule has 2 amide bonds. The number of carbonyl (C=O) groups is 3. The molecule has 2 N–H and O–H groups in total. The van der Waals surface area contributed by atoms with Gasteiger partial charge in [0, 0.05) is 48.0 Å². The monoisotopic (exact) mass is 491 g/mol. The molecule has 3 rings (SSSR count). The van der Waals surface area contributed by atoms with E-state index in [0.29, 0.717) is 5.69 Å². The van der Waals surface area contributed by atoms with Crippen molar-refractivity contribution in [2.24, 2.45) is 5.10 Å². The van der Waals surface area contributed by atoms with Gasteiger partial charge in [0.1, 0.15) is 5.75 Å². The Morgan fingerprint density at radius 1 is 0.861 bits per heavy atom. The lowest BCUT2D eigenvalue weighted by Gasteiger charge is -2.08. The molecule has 3 aromatic rings. The van der Waals surface area contributed by atoms with E-state index < -0.39 is 21.7 Å². The summed E-state index contributed by atoms with van der Waals surface area (Å²) < 4.78 is 5.28. The van der Waals surface area contributed by atoms with E-state index in [1.807, 2.05) is 0 Å². The number of ether oxygens (including phenoxy) is 1. The number of hydrogen-bond acceptors (Lipinski definition) is 9. The van der Waals surface area contributed by atoms with Crippen molar-refractivity contribution in [3.63, 3.8) is 0 Å². The van der Waals surface area contributed by atoms with Gasteiger partial charge >= 0.3 is 5.97 Å². The van der Waals surface area contributed by atoms with E-state index in [0.717, 1.165) is 30.5 Å². The molecule has 0 bridgehead atoms. The molecular weight excluding hydrogens is 474 g/mol. The van der Waals surface area contributed by atoms with E-state index in [1.54, 1.807) is 0 Å². The molecule has 0 saturated carbocycles. The molecule has 3 aromatic carbocycles. The third kappa shape index (κ3) is 6.54. The van der Waals surface area contributed by atoms with Crippen molar-refractivity contribution in [3.8, 4) is 5.75 Å². The lowest BCUT2D eigenvalue weighted by atomic mass is 10.2. The number of nitrogens with zero attached hydrogens (tertiary/aromatic N) is 3. The molecule has 36 heavy (non-hydrogen) atoms. The van der Waals surface area contributed by atoms with E-state index in [4.69, 9.17) is 4.74 Å². The molecule has 13 nitrogen and oxygen atoms in total. The van der Waals surface area contributed by atoms with Crippen molar-refractivity contribution in [2.45, 2.75) is 6.92 Å². The molecule has 0 aliphatic carbocycles. The Morgan fingerprint density at radius 3 is 2.03 bits per heavy atom. The number of amides is 2. The zero-order valence-electron chi connectivity index (χ0n) is 18.5. The molecule has 0 saturated heterocycles. The van der Waals surface area contributed by atoms with Gasteiger partial charge < -0.3 is 10.1 Å². The second-order valence-electron chi connectivity index (χ2n) is 7.13. The number of hydrogen-bond donors (Lipinski definition) is 2. The number of anilines is 1. The van der Waals surface area contributed by atoms with Gasteiger partial charge in [-0.05, 0) is 42.5 Å². The highest BCUT2D eigenvalue weighted by Crippen LogP contribution is 2.24. The quantitative estimate of drug-likeness (QED) is 0.158. The molecule has 182 valence electrons. The van der Waals surface area contributed by atoms with Crippen LogP contribution < -0.4 is 15.5 Å². The molecular formula is C23H17N5O8. The summed E-state index contributed by atoms with van der Waals surface area (Å²) in [6, 6.07) is 14.0. The zero-order valence-corrected chi connectivity index (χ0v) is 18.5. The van der Waals surface area contributed by atoms with Crippen LogP contribution in [0.3, 0.4) is 0 Å². The number of rotatable bonds is 8. The van der Waals surface area contributed by atoms with E-state index in [9.17, 15) is 34.6 Å². The van der Waals surface area contributed by atoms with Crippen molar-refractivity contribution in [1.29, 1.82) is 0 Å². The van der Waals surface area contributed by atoms with Crippen LogP contribution in [0.1, 0.15) is 33.2 Å². The van der Waals surface area contributed by atoms with Crippen LogP contribution in [0.25, 0.3) is 0 Å². The summed E-state index contributed by atoms with van der Waals surface area (Å²) in [5.41, 5.74) is 2.48. The average molecular weight is 491 g/mol. The predicted molar refractivity (Wildman–Crippen MR) is 127 cm³/mol. The predicted octanol–water partition coefficient (Wildman–Crippen LogP) is 3.44. The van der Waals surface area contributed by atoms with Gasteiger partial charge in [-0.25, -0.2) is 10.2 Å². The van der Waals surface area contributed by atoms with Crippen LogP contribution in [-0.2, 0) is 4.79 Å². The van der Waals surface area contributed by atoms with Crippen LogP contribution in [0.5, 0.6) is 5.75 Å². The van der Waals surface area contributed by atoms with Gasteiger partial charge in [0.25, 0.3) is 17.3 Å². The maximum absolute atomic E-state index is 12.5. The number of carbonyl (C=O) groups excluding carboxylic acids is 3. The maximum Gasteiger partial charge on any atom is 0.343 e. The number of nitrogens with one attached hydrogen (secondary N) is 2. The van der Waals surface area contributed by atoms with Crippen LogP contribution in [-0.4, -0.2) is 33.8 Å². The van der Waals surface area contributed by atoms with Crippen LogP contribution in [0.15, 0.2) is 71.8 Å². The van der Waals surface area contributed by atoms with Crippen molar-refractivity contribution in [3.05, 3.63) is 104 Å². The third-order valence-corrected chi connectivity index (χ3v) is 4.56. The summed E-state index contributed by atoms with van der Waals surface area (Å²) in [7, 11) is 0. The van der Waals surface area contributed by atoms with Crippen molar-refractivity contribution in [2.75, 3.05) is 5.32 Å². The molecule has 0 aromatic heterocycles. The van der Waals surface area contributed by atoms with Gasteiger partial charge in [0.2, 0.25) is 5.91 Å². The first-order valence-corrected chi connectivity index (χ1v) is 10.1. The minimum Gasteiger partial charge on any atom is -0.422 e. The Labute approximate surface area is 202 Å². The van der Waals surface area contributed by atoms with Crippen molar-refractivity contribution < 1.29 is 29.0 Å². The third-order valence-electron chi connectivity index (χ3n) is 4.56. The van der Waals surface area contributed by atoms with Gasteiger partial charge in [0.15, 0.2) is 0 Å². The molecule has 0 spiro atoms. The van der Waals surface area contributed by atoms with Crippen LogP contribution >= 0.6 is 0 Å². The smallest absolute Gasteiger partial charge is 0.343 e. The molecule has 0 aliphatic heterocycles. The molecule has 0 unspecified atom stereocenters. The Morgan fingerprint density at radius 2 is 1.44 bits per heavy atom. The van der Waals surface area contributed by atoms with Gasteiger partial charge in [-0.2, -0.15) is 5.10 Å². The summed E-state index contributed by atoms with van der Waals surface area (Å²) in [5.74, 6) is -1.83. The van der Waals surface area contributed by atoms with Crippen molar-refractivity contribution in [1.82, 2.24) is 5.43 Å². The Balaban J connectivity index is 1.76. The first kappa shape index (κ1) is 25.2. The minimum atomic E-state index is -0.864. The minimum absolute atomic E-state index is 0.0119. The van der Waals surface area contributed by atoms with Crippen LogP contribution in [0.2, 0.25) is 0 Å². The van der Waals surface area contributed by atoms with E-state index in [2.05, 4.69) is 15.8 Å². The number of nitro groups is 2. The van der Waals surface area contributed by atoms with E-state index in [-0.39, 0.29) is 39.7 Å². The summed E-state index contributed by atoms with van der Waals surface area (Å²) in [6.07, 6.45) is 1.06. The summed E-state index contributed by atoms with van der Waals surface area (Å²) in [6.45, 7) is 1.35. The molecule has 13 heteroatoms. The van der Waals surface area contributed by atoms with Gasteiger partial charge in [-0.1, -0.05) is 0 Å². The molecule has 0 fully saturated rings. The first-order chi connectivity index (χ1) is 17.1. The highest BCUT2D eigenvalue weighted by Gasteiger charge is 2.16. The van der Waals surface area contributed by atoms with Crippen LogP contribution in [0.4, 0.5) is 17.1 Å². The SMILES string of the molecule is CC(=O)Nc1ccc(C(=O)N/N=C/c2cc([N+](=O)[O-])ccc2OC(=O)c2ccc([N+](=O)[O-])cc2)cc1. The maximum atomic E-state index is 12.5. The normalized spacial score (nSPS) is 10.5. The lowest BCUT2D eigenvalue weighted by molar-refractivity contribution is -0.385. The fourth-order valence-electron chi connectivity index (χ4n) is 2.85. The number of benzene rings is 3. The first-order valence-electron chi connectivity index (χ1n) is 10.1. The number of hydrazone groups is 1. The Kier molecular flexibility index (Phi) is 7.77. The van der Waals surface area contributed by atoms with E-state index in [1.165, 1.54) is 49.4 Å².